The van der Waals surface area contributed by atoms with Crippen molar-refractivity contribution in [2.75, 3.05) is 6.61 Å². The van der Waals surface area contributed by atoms with Crippen LogP contribution in [0.1, 0.15) is 19.8 Å². The molecule has 0 amide bonds. The number of hydrogen-bond acceptors (Lipinski definition) is 3. The van der Waals surface area contributed by atoms with Crippen LogP contribution in [-0.4, -0.2) is 28.7 Å². The molecule has 0 spiro atoms. The molecule has 1 unspecified atom stereocenters. The molecule has 0 heterocycles. The molecule has 0 aromatic rings. The Morgan fingerprint density at radius 2 is 2.18 bits per heavy atom. The number of carbonyl (C=O) groups is 1. The standard InChI is InChI=1S/C8H14O3/c1-6(2)8(11)4-3-7(10)5-9/h7,9-10H,1,3-5H2,2H3. The van der Waals surface area contributed by atoms with Crippen LogP contribution < -0.4 is 0 Å². The number of aliphatic hydroxyl groups is 2. The molecule has 0 radical (unpaired) electrons. The van der Waals surface area contributed by atoms with Crippen LogP contribution in [-0.2, 0) is 4.79 Å². The van der Waals surface area contributed by atoms with Gasteiger partial charge in [-0.15, -0.1) is 0 Å². The van der Waals surface area contributed by atoms with Gasteiger partial charge in [0.1, 0.15) is 0 Å². The van der Waals surface area contributed by atoms with Crippen molar-refractivity contribution in [1.29, 1.82) is 0 Å². The van der Waals surface area contributed by atoms with Gasteiger partial charge in [0, 0.05) is 6.42 Å². The fourth-order valence-electron chi connectivity index (χ4n) is 0.602. The van der Waals surface area contributed by atoms with E-state index in [2.05, 4.69) is 6.58 Å². The van der Waals surface area contributed by atoms with Crippen molar-refractivity contribution in [3.8, 4) is 0 Å². The highest BCUT2D eigenvalue weighted by atomic mass is 16.3. The van der Waals surface area contributed by atoms with E-state index in [4.69, 9.17) is 10.2 Å². The number of Topliss-reactive ketones (excluding diaryl/α,β-unsaturated/α-hetero) is 1. The minimum atomic E-state index is -0.779. The minimum absolute atomic E-state index is 0.0579. The van der Waals surface area contributed by atoms with Crippen LogP contribution in [0, 0.1) is 0 Å². The lowest BCUT2D eigenvalue weighted by Gasteiger charge is -2.04. The van der Waals surface area contributed by atoms with Crippen LogP contribution in [0.25, 0.3) is 0 Å². The maximum atomic E-state index is 10.9. The van der Waals surface area contributed by atoms with Crippen molar-refractivity contribution >= 4 is 5.78 Å². The average molecular weight is 158 g/mol. The molecule has 0 aliphatic heterocycles. The molecule has 0 aromatic heterocycles. The summed E-state index contributed by atoms with van der Waals surface area (Å²) in [6.45, 7) is 4.81. The molecule has 1 atom stereocenters. The Hall–Kier alpha value is -0.670. The predicted octanol–water partition coefficient (Wildman–Crippen LogP) is 0.265. The molecule has 0 fully saturated rings. The van der Waals surface area contributed by atoms with Crippen LogP contribution in [0.4, 0.5) is 0 Å². The molecule has 3 heteroatoms. The monoisotopic (exact) mass is 158 g/mol. The summed E-state index contributed by atoms with van der Waals surface area (Å²) in [7, 11) is 0. The maximum Gasteiger partial charge on any atom is 0.158 e. The van der Waals surface area contributed by atoms with Crippen molar-refractivity contribution in [3.05, 3.63) is 12.2 Å². The van der Waals surface area contributed by atoms with Gasteiger partial charge in [-0.05, 0) is 18.9 Å². The number of hydrogen-bond donors (Lipinski definition) is 2. The molecule has 0 bridgehead atoms. The van der Waals surface area contributed by atoms with Gasteiger partial charge in [-0.2, -0.15) is 0 Å². The highest BCUT2D eigenvalue weighted by Crippen LogP contribution is 2.02. The summed E-state index contributed by atoms with van der Waals surface area (Å²) in [4.78, 5) is 10.9. The van der Waals surface area contributed by atoms with Gasteiger partial charge in [0.05, 0.1) is 12.7 Å². The Balaban J connectivity index is 3.54. The zero-order valence-electron chi connectivity index (χ0n) is 6.71. The summed E-state index contributed by atoms with van der Waals surface area (Å²) in [5.74, 6) is -0.0579. The highest BCUT2D eigenvalue weighted by molar-refractivity contribution is 5.94. The Labute approximate surface area is 66.4 Å². The Kier molecular flexibility index (Phi) is 4.74. The number of carbonyl (C=O) groups excluding carboxylic acids is 1. The van der Waals surface area contributed by atoms with E-state index in [1.165, 1.54) is 0 Å². The second-order valence-corrected chi connectivity index (χ2v) is 2.58. The molecular weight excluding hydrogens is 144 g/mol. The summed E-state index contributed by atoms with van der Waals surface area (Å²) < 4.78 is 0. The molecule has 0 saturated heterocycles. The average Bonchev–Trinajstić information content (AvgIpc) is 1.99. The third-order valence-corrected chi connectivity index (χ3v) is 1.39. The van der Waals surface area contributed by atoms with E-state index < -0.39 is 6.10 Å². The topological polar surface area (TPSA) is 57.5 Å². The van der Waals surface area contributed by atoms with Gasteiger partial charge in [-0.3, -0.25) is 4.79 Å². The first-order valence-corrected chi connectivity index (χ1v) is 3.55. The van der Waals surface area contributed by atoms with Gasteiger partial charge in [0.2, 0.25) is 0 Å². The fourth-order valence-corrected chi connectivity index (χ4v) is 0.602. The van der Waals surface area contributed by atoms with Gasteiger partial charge in [0.25, 0.3) is 0 Å². The lowest BCUT2D eigenvalue weighted by molar-refractivity contribution is -0.116. The van der Waals surface area contributed by atoms with Crippen LogP contribution in [0.15, 0.2) is 12.2 Å². The van der Waals surface area contributed by atoms with E-state index in [0.717, 1.165) is 0 Å². The first-order chi connectivity index (χ1) is 5.07. The predicted molar refractivity (Wildman–Crippen MR) is 42.1 cm³/mol. The summed E-state index contributed by atoms with van der Waals surface area (Å²) in [5.41, 5.74) is 0.495. The van der Waals surface area contributed by atoms with Gasteiger partial charge < -0.3 is 10.2 Å². The molecule has 0 aliphatic rings. The SMILES string of the molecule is C=C(C)C(=O)CCC(O)CO. The Morgan fingerprint density at radius 3 is 2.55 bits per heavy atom. The second kappa shape index (κ2) is 5.04. The first kappa shape index (κ1) is 10.3. The van der Waals surface area contributed by atoms with Gasteiger partial charge >= 0.3 is 0 Å². The van der Waals surface area contributed by atoms with Gasteiger partial charge in [-0.1, -0.05) is 6.58 Å². The number of ketones is 1. The van der Waals surface area contributed by atoms with Crippen molar-refractivity contribution in [2.24, 2.45) is 0 Å². The zero-order chi connectivity index (χ0) is 8.85. The van der Waals surface area contributed by atoms with Crippen LogP contribution >= 0.6 is 0 Å². The molecular formula is C8H14O3. The molecule has 2 N–H and O–H groups in total. The summed E-state index contributed by atoms with van der Waals surface area (Å²) >= 11 is 0. The summed E-state index contributed by atoms with van der Waals surface area (Å²) in [6.07, 6.45) is -0.211. The third kappa shape index (κ3) is 4.70. The van der Waals surface area contributed by atoms with Crippen LogP contribution in [0.5, 0.6) is 0 Å². The second-order valence-electron chi connectivity index (χ2n) is 2.58. The van der Waals surface area contributed by atoms with Gasteiger partial charge in [0.15, 0.2) is 5.78 Å². The van der Waals surface area contributed by atoms with Crippen molar-refractivity contribution < 1.29 is 15.0 Å². The smallest absolute Gasteiger partial charge is 0.158 e. The van der Waals surface area contributed by atoms with Crippen molar-refractivity contribution in [1.82, 2.24) is 0 Å². The highest BCUT2D eigenvalue weighted by Gasteiger charge is 2.06. The van der Waals surface area contributed by atoms with Crippen LogP contribution in [0.2, 0.25) is 0 Å². The summed E-state index contributed by atoms with van der Waals surface area (Å²) in [6, 6.07) is 0. The van der Waals surface area contributed by atoms with E-state index in [0.29, 0.717) is 12.0 Å². The van der Waals surface area contributed by atoms with E-state index in [1.54, 1.807) is 6.92 Å². The fraction of sp³-hybridized carbons (Fsp3) is 0.625. The largest absolute Gasteiger partial charge is 0.394 e. The van der Waals surface area contributed by atoms with E-state index in [9.17, 15) is 4.79 Å². The number of rotatable bonds is 5. The molecule has 0 saturated carbocycles. The number of aliphatic hydroxyl groups excluding tert-OH is 2. The zero-order valence-corrected chi connectivity index (χ0v) is 6.71. The number of allylic oxidation sites excluding steroid dienone is 1. The Bertz CT molecular complexity index is 151. The normalized spacial score (nSPS) is 12.6. The molecule has 0 aliphatic carbocycles. The van der Waals surface area contributed by atoms with Gasteiger partial charge in [-0.25, -0.2) is 0 Å². The molecule has 0 aromatic carbocycles. The van der Waals surface area contributed by atoms with Crippen molar-refractivity contribution in [3.63, 3.8) is 0 Å². The minimum Gasteiger partial charge on any atom is -0.394 e. The molecule has 64 valence electrons. The molecule has 0 rings (SSSR count). The Morgan fingerprint density at radius 1 is 1.64 bits per heavy atom. The molecule has 11 heavy (non-hydrogen) atoms. The first-order valence-electron chi connectivity index (χ1n) is 3.55. The third-order valence-electron chi connectivity index (χ3n) is 1.39. The maximum absolute atomic E-state index is 10.9. The van der Waals surface area contributed by atoms with E-state index in [1.807, 2.05) is 0 Å². The summed E-state index contributed by atoms with van der Waals surface area (Å²) in [5, 5.41) is 17.3. The lowest BCUT2D eigenvalue weighted by Crippen LogP contribution is -2.13. The van der Waals surface area contributed by atoms with E-state index in [-0.39, 0.29) is 18.8 Å². The van der Waals surface area contributed by atoms with E-state index >= 15 is 0 Å². The lowest BCUT2D eigenvalue weighted by atomic mass is 10.1. The quantitative estimate of drug-likeness (QED) is 0.564. The van der Waals surface area contributed by atoms with Crippen molar-refractivity contribution in [2.45, 2.75) is 25.9 Å². The molecule has 3 nitrogen and oxygen atoms in total. The van der Waals surface area contributed by atoms with Crippen LogP contribution in [0.3, 0.4) is 0 Å².